The molecule has 178 valence electrons. The molecule has 4 amide bonds. The highest BCUT2D eigenvalue weighted by molar-refractivity contribution is 6.05. The average Bonchev–Trinajstić information content (AvgIpc) is 3.00. The molecule has 2 aliphatic rings. The number of fused-ring (bicyclic) bond motifs is 1. The van der Waals surface area contributed by atoms with Crippen LogP contribution in [0.4, 0.5) is 0 Å². The number of carbonyl (C=O) groups excluding carboxylic acids is 4. The standard InChI is InChI=1S/C26H35N3O4/c1-17-10-6-7-11-19(17)16-29(18(2)23(31)27-26(3,4)5)22(30)14-15-28-24(32)20-12-8-9-13-21(20)25(28)33/h6-11,18,20-21H,12-16H2,1-5H3,(H,27,31)/t18?,20-,21+. The van der Waals surface area contributed by atoms with Gasteiger partial charge in [0.25, 0.3) is 0 Å². The van der Waals surface area contributed by atoms with Gasteiger partial charge in [0, 0.05) is 25.0 Å². The van der Waals surface area contributed by atoms with Gasteiger partial charge in [-0.2, -0.15) is 0 Å². The highest BCUT2D eigenvalue weighted by atomic mass is 16.2. The molecule has 1 fully saturated rings. The van der Waals surface area contributed by atoms with Crippen molar-refractivity contribution < 1.29 is 19.2 Å². The third-order valence-corrected chi connectivity index (χ3v) is 6.42. The maximum atomic E-state index is 13.3. The Morgan fingerprint density at radius 2 is 1.67 bits per heavy atom. The molecule has 0 radical (unpaired) electrons. The number of likely N-dealkylation sites (tertiary alicyclic amines) is 1. The van der Waals surface area contributed by atoms with Gasteiger partial charge < -0.3 is 10.2 Å². The molecule has 1 unspecified atom stereocenters. The van der Waals surface area contributed by atoms with Gasteiger partial charge in [-0.3, -0.25) is 24.1 Å². The molecule has 1 saturated heterocycles. The van der Waals surface area contributed by atoms with Crippen molar-refractivity contribution in [3.8, 4) is 0 Å². The van der Waals surface area contributed by atoms with E-state index >= 15 is 0 Å². The lowest BCUT2D eigenvalue weighted by atomic mass is 9.85. The number of nitrogens with zero attached hydrogens (tertiary/aromatic N) is 2. The average molecular weight is 454 g/mol. The molecule has 0 spiro atoms. The Bertz CT molecular complexity index is 937. The highest BCUT2D eigenvalue weighted by Gasteiger charge is 2.47. The Morgan fingerprint density at radius 3 is 2.21 bits per heavy atom. The number of nitrogens with one attached hydrogen (secondary N) is 1. The predicted octanol–water partition coefficient (Wildman–Crippen LogP) is 2.97. The maximum Gasteiger partial charge on any atom is 0.242 e. The first-order valence-corrected chi connectivity index (χ1v) is 11.7. The minimum absolute atomic E-state index is 0.0105. The van der Waals surface area contributed by atoms with E-state index in [0.29, 0.717) is 12.8 Å². The fourth-order valence-electron chi connectivity index (χ4n) is 4.47. The largest absolute Gasteiger partial charge is 0.350 e. The molecule has 7 heteroatoms. The number of amides is 4. The molecule has 0 bridgehead atoms. The van der Waals surface area contributed by atoms with Crippen LogP contribution in [0.3, 0.4) is 0 Å². The molecule has 1 aliphatic carbocycles. The predicted molar refractivity (Wildman–Crippen MR) is 126 cm³/mol. The zero-order valence-corrected chi connectivity index (χ0v) is 20.3. The summed E-state index contributed by atoms with van der Waals surface area (Å²) in [6.45, 7) is 9.68. The number of hydrogen-bond acceptors (Lipinski definition) is 4. The van der Waals surface area contributed by atoms with Crippen LogP contribution in [0.2, 0.25) is 0 Å². The molecule has 1 heterocycles. The molecular weight excluding hydrogens is 418 g/mol. The Morgan fingerprint density at radius 1 is 1.09 bits per heavy atom. The van der Waals surface area contributed by atoms with Gasteiger partial charge in [0.2, 0.25) is 23.6 Å². The first-order chi connectivity index (χ1) is 15.5. The zero-order valence-electron chi connectivity index (χ0n) is 20.3. The number of rotatable bonds is 7. The van der Waals surface area contributed by atoms with Gasteiger partial charge in [-0.15, -0.1) is 0 Å². The second kappa shape index (κ2) is 9.89. The van der Waals surface area contributed by atoms with Gasteiger partial charge in [0.1, 0.15) is 6.04 Å². The van der Waals surface area contributed by atoms with Gasteiger partial charge in [0.15, 0.2) is 0 Å². The molecule has 3 rings (SSSR count). The number of hydrogen-bond donors (Lipinski definition) is 1. The Kier molecular flexibility index (Phi) is 7.40. The zero-order chi connectivity index (χ0) is 24.3. The number of imide groups is 1. The van der Waals surface area contributed by atoms with Gasteiger partial charge in [-0.1, -0.05) is 36.4 Å². The van der Waals surface area contributed by atoms with Crippen LogP contribution in [-0.4, -0.2) is 51.6 Å². The summed E-state index contributed by atoms with van der Waals surface area (Å²) in [6, 6.07) is 7.04. The fraction of sp³-hybridized carbons (Fsp3) is 0.538. The van der Waals surface area contributed by atoms with Crippen molar-refractivity contribution in [2.75, 3.05) is 6.54 Å². The second-order valence-corrected chi connectivity index (χ2v) is 10.1. The van der Waals surface area contributed by atoms with Crippen molar-refractivity contribution in [2.45, 2.75) is 72.0 Å². The topological polar surface area (TPSA) is 86.8 Å². The van der Waals surface area contributed by atoms with E-state index in [2.05, 4.69) is 5.32 Å². The lowest BCUT2D eigenvalue weighted by Crippen LogP contribution is -2.52. The Labute approximate surface area is 196 Å². The van der Waals surface area contributed by atoms with E-state index in [9.17, 15) is 19.2 Å². The lowest BCUT2D eigenvalue weighted by molar-refractivity contribution is -0.144. The molecule has 1 aliphatic heterocycles. The molecule has 1 aromatic rings. The minimum atomic E-state index is -0.701. The summed E-state index contributed by atoms with van der Waals surface area (Å²) in [5.74, 6) is -1.50. The van der Waals surface area contributed by atoms with Crippen LogP contribution in [0.1, 0.15) is 58.1 Å². The van der Waals surface area contributed by atoms with Crippen LogP contribution < -0.4 is 5.32 Å². The van der Waals surface area contributed by atoms with Crippen LogP contribution in [0, 0.1) is 18.8 Å². The number of benzene rings is 1. The van der Waals surface area contributed by atoms with Crippen molar-refractivity contribution in [1.82, 2.24) is 15.1 Å². The molecular formula is C26H35N3O4. The molecule has 3 atom stereocenters. The van der Waals surface area contributed by atoms with E-state index in [0.717, 1.165) is 11.1 Å². The van der Waals surface area contributed by atoms with Gasteiger partial charge in [-0.05, 0) is 58.6 Å². The lowest BCUT2D eigenvalue weighted by Gasteiger charge is -2.32. The van der Waals surface area contributed by atoms with E-state index < -0.39 is 11.6 Å². The van der Waals surface area contributed by atoms with Crippen LogP contribution >= 0.6 is 0 Å². The van der Waals surface area contributed by atoms with E-state index in [1.54, 1.807) is 11.8 Å². The Hall–Kier alpha value is -2.96. The van der Waals surface area contributed by atoms with Gasteiger partial charge in [-0.25, -0.2) is 0 Å². The van der Waals surface area contributed by atoms with Crippen molar-refractivity contribution in [1.29, 1.82) is 0 Å². The van der Waals surface area contributed by atoms with Crippen molar-refractivity contribution in [3.05, 3.63) is 47.5 Å². The van der Waals surface area contributed by atoms with Crippen molar-refractivity contribution in [2.24, 2.45) is 11.8 Å². The highest BCUT2D eigenvalue weighted by Crippen LogP contribution is 2.35. The van der Waals surface area contributed by atoms with Gasteiger partial charge in [0.05, 0.1) is 11.8 Å². The monoisotopic (exact) mass is 453 g/mol. The fourth-order valence-corrected chi connectivity index (χ4v) is 4.47. The molecule has 1 N–H and O–H groups in total. The summed E-state index contributed by atoms with van der Waals surface area (Å²) in [5, 5.41) is 2.94. The van der Waals surface area contributed by atoms with Crippen molar-refractivity contribution in [3.63, 3.8) is 0 Å². The van der Waals surface area contributed by atoms with Crippen LogP contribution in [-0.2, 0) is 25.7 Å². The first kappa shape index (κ1) is 24.7. The van der Waals surface area contributed by atoms with Crippen LogP contribution in [0.5, 0.6) is 0 Å². The normalized spacial score (nSPS) is 21.1. The summed E-state index contributed by atoms with van der Waals surface area (Å²) in [6.07, 6.45) is 5.02. The summed E-state index contributed by atoms with van der Waals surface area (Å²) < 4.78 is 0. The second-order valence-electron chi connectivity index (χ2n) is 10.1. The molecule has 7 nitrogen and oxygen atoms in total. The third kappa shape index (κ3) is 5.70. The summed E-state index contributed by atoms with van der Waals surface area (Å²) in [5.41, 5.74) is 1.55. The summed E-state index contributed by atoms with van der Waals surface area (Å²) in [7, 11) is 0. The number of carbonyl (C=O) groups is 4. The summed E-state index contributed by atoms with van der Waals surface area (Å²) in [4.78, 5) is 54.5. The van der Waals surface area contributed by atoms with E-state index in [-0.39, 0.29) is 55.0 Å². The maximum absolute atomic E-state index is 13.3. The minimum Gasteiger partial charge on any atom is -0.350 e. The van der Waals surface area contributed by atoms with Crippen LogP contribution in [0.25, 0.3) is 0 Å². The quantitative estimate of drug-likeness (QED) is 0.508. The van der Waals surface area contributed by atoms with E-state index in [1.165, 1.54) is 4.90 Å². The van der Waals surface area contributed by atoms with E-state index in [4.69, 9.17) is 0 Å². The third-order valence-electron chi connectivity index (χ3n) is 6.42. The van der Waals surface area contributed by atoms with Crippen LogP contribution in [0.15, 0.2) is 36.4 Å². The summed E-state index contributed by atoms with van der Waals surface area (Å²) >= 11 is 0. The molecule has 0 aromatic heterocycles. The van der Waals surface area contributed by atoms with Crippen molar-refractivity contribution >= 4 is 23.6 Å². The molecule has 33 heavy (non-hydrogen) atoms. The van der Waals surface area contributed by atoms with E-state index in [1.807, 2.05) is 64.1 Å². The Balaban J connectivity index is 1.74. The molecule has 0 saturated carbocycles. The first-order valence-electron chi connectivity index (χ1n) is 11.7. The number of aryl methyl sites for hydroxylation is 1. The smallest absolute Gasteiger partial charge is 0.242 e. The number of allylic oxidation sites excluding steroid dienone is 2. The molecule has 1 aromatic carbocycles. The van der Waals surface area contributed by atoms with Gasteiger partial charge >= 0.3 is 0 Å². The SMILES string of the molecule is Cc1ccccc1CN(C(=O)CCN1C(=O)[C@H]2CC=CC[C@H]2C1=O)C(C)C(=O)NC(C)(C)C.